The van der Waals surface area contributed by atoms with Gasteiger partial charge in [-0.1, -0.05) is 0 Å². The standard InChI is InChI=1S/C13H14N2O5/c1-13(2)19-10-4-3-7(5-11(10)20-13)14-12(16)8-6-9(8)15(17)18/h3-5,8-9H,6H2,1-2H3,(H,14,16)/t8-,9-/m0/s1. The molecular weight excluding hydrogens is 264 g/mol. The zero-order valence-electron chi connectivity index (χ0n) is 11.1. The summed E-state index contributed by atoms with van der Waals surface area (Å²) in [5, 5.41) is 13.2. The van der Waals surface area contributed by atoms with Gasteiger partial charge in [0.2, 0.25) is 17.7 Å². The van der Waals surface area contributed by atoms with Crippen molar-refractivity contribution in [3.8, 4) is 11.5 Å². The maximum Gasteiger partial charge on any atom is 0.246 e. The first-order chi connectivity index (χ1) is 9.35. The Hall–Kier alpha value is -2.31. The molecule has 7 heteroatoms. The Bertz CT molecular complexity index is 598. The third-order valence-corrected chi connectivity index (χ3v) is 3.29. The van der Waals surface area contributed by atoms with Crippen LogP contribution in [0, 0.1) is 16.0 Å². The number of carbonyl (C=O) groups is 1. The number of amides is 1. The van der Waals surface area contributed by atoms with Gasteiger partial charge in [0.05, 0.1) is 0 Å². The van der Waals surface area contributed by atoms with Crippen LogP contribution in [-0.2, 0) is 4.79 Å². The number of nitro groups is 1. The first-order valence-electron chi connectivity index (χ1n) is 6.32. The van der Waals surface area contributed by atoms with E-state index in [2.05, 4.69) is 5.32 Å². The molecule has 0 spiro atoms. The average molecular weight is 278 g/mol. The van der Waals surface area contributed by atoms with Crippen molar-refractivity contribution >= 4 is 11.6 Å². The molecule has 1 heterocycles. The Morgan fingerprint density at radius 1 is 1.40 bits per heavy atom. The van der Waals surface area contributed by atoms with Gasteiger partial charge in [0, 0.05) is 36.9 Å². The Morgan fingerprint density at radius 3 is 2.75 bits per heavy atom. The molecule has 0 aromatic heterocycles. The van der Waals surface area contributed by atoms with Crippen LogP contribution in [0.25, 0.3) is 0 Å². The highest BCUT2D eigenvalue weighted by atomic mass is 16.7. The predicted octanol–water partition coefficient (Wildman–Crippen LogP) is 1.80. The molecule has 1 saturated carbocycles. The smallest absolute Gasteiger partial charge is 0.246 e. The molecule has 0 radical (unpaired) electrons. The molecule has 0 saturated heterocycles. The maximum absolute atomic E-state index is 11.8. The Kier molecular flexibility index (Phi) is 2.60. The van der Waals surface area contributed by atoms with Crippen molar-refractivity contribution < 1.29 is 19.2 Å². The molecule has 1 aliphatic heterocycles. The molecule has 3 rings (SSSR count). The summed E-state index contributed by atoms with van der Waals surface area (Å²) in [7, 11) is 0. The van der Waals surface area contributed by atoms with E-state index in [4.69, 9.17) is 9.47 Å². The molecular formula is C13H14N2O5. The van der Waals surface area contributed by atoms with E-state index in [1.165, 1.54) is 0 Å². The number of ether oxygens (including phenoxy) is 2. The minimum atomic E-state index is -0.747. The largest absolute Gasteiger partial charge is 0.449 e. The lowest BCUT2D eigenvalue weighted by atomic mass is 10.2. The van der Waals surface area contributed by atoms with E-state index in [1.807, 2.05) is 0 Å². The average Bonchev–Trinajstić information content (AvgIpc) is 3.07. The van der Waals surface area contributed by atoms with Gasteiger partial charge in [0.25, 0.3) is 0 Å². The highest BCUT2D eigenvalue weighted by Crippen LogP contribution is 2.41. The van der Waals surface area contributed by atoms with Crippen LogP contribution in [0.15, 0.2) is 18.2 Å². The molecule has 20 heavy (non-hydrogen) atoms. The highest BCUT2D eigenvalue weighted by molar-refractivity contribution is 5.95. The first kappa shape index (κ1) is 12.7. The highest BCUT2D eigenvalue weighted by Gasteiger charge is 2.53. The topological polar surface area (TPSA) is 90.7 Å². The predicted molar refractivity (Wildman–Crippen MR) is 69.3 cm³/mol. The van der Waals surface area contributed by atoms with Crippen molar-refractivity contribution in [2.75, 3.05) is 5.32 Å². The number of hydrogen-bond acceptors (Lipinski definition) is 5. The molecule has 1 aromatic carbocycles. The van der Waals surface area contributed by atoms with E-state index in [1.54, 1.807) is 32.0 Å². The fourth-order valence-corrected chi connectivity index (χ4v) is 2.23. The van der Waals surface area contributed by atoms with Crippen LogP contribution in [0.1, 0.15) is 20.3 Å². The first-order valence-corrected chi connectivity index (χ1v) is 6.32. The van der Waals surface area contributed by atoms with Crippen molar-refractivity contribution in [3.05, 3.63) is 28.3 Å². The SMILES string of the molecule is CC1(C)Oc2ccc(NC(=O)[C@H]3C[C@@H]3[N+](=O)[O-])cc2O1. The molecule has 7 nitrogen and oxygen atoms in total. The summed E-state index contributed by atoms with van der Waals surface area (Å²) in [6.45, 7) is 3.58. The second-order valence-corrected chi connectivity index (χ2v) is 5.45. The fourth-order valence-electron chi connectivity index (χ4n) is 2.23. The van der Waals surface area contributed by atoms with Gasteiger partial charge in [-0.05, 0) is 12.1 Å². The minimum Gasteiger partial charge on any atom is -0.449 e. The summed E-state index contributed by atoms with van der Waals surface area (Å²) in [4.78, 5) is 22.0. The third kappa shape index (κ3) is 2.26. The second-order valence-electron chi connectivity index (χ2n) is 5.45. The zero-order chi connectivity index (χ0) is 14.5. The number of hydrogen-bond donors (Lipinski definition) is 1. The van der Waals surface area contributed by atoms with Crippen molar-refractivity contribution in [1.29, 1.82) is 0 Å². The summed E-state index contributed by atoms with van der Waals surface area (Å²) in [5.41, 5.74) is 0.545. The molecule has 0 unspecified atom stereocenters. The van der Waals surface area contributed by atoms with E-state index in [0.717, 1.165) is 0 Å². The molecule has 2 aliphatic rings. The molecule has 1 fully saturated rings. The lowest BCUT2D eigenvalue weighted by molar-refractivity contribution is -0.497. The van der Waals surface area contributed by atoms with Gasteiger partial charge in [-0.3, -0.25) is 14.9 Å². The summed E-state index contributed by atoms with van der Waals surface area (Å²) >= 11 is 0. The van der Waals surface area contributed by atoms with Gasteiger partial charge in [-0.25, -0.2) is 0 Å². The van der Waals surface area contributed by atoms with E-state index >= 15 is 0 Å². The molecule has 1 N–H and O–H groups in total. The van der Waals surface area contributed by atoms with E-state index in [9.17, 15) is 14.9 Å². The van der Waals surface area contributed by atoms with Crippen molar-refractivity contribution in [2.24, 2.45) is 5.92 Å². The number of benzene rings is 1. The minimum absolute atomic E-state index is 0.302. The summed E-state index contributed by atoms with van der Waals surface area (Å²) in [6.07, 6.45) is 0.302. The number of rotatable bonds is 3. The van der Waals surface area contributed by atoms with Gasteiger partial charge in [0.15, 0.2) is 11.5 Å². The summed E-state index contributed by atoms with van der Waals surface area (Å²) < 4.78 is 11.1. The normalized spacial score (nSPS) is 25.1. The quantitative estimate of drug-likeness (QED) is 0.672. The van der Waals surface area contributed by atoms with Gasteiger partial charge in [-0.2, -0.15) is 0 Å². The summed E-state index contributed by atoms with van der Waals surface area (Å²) in [5.74, 6) is -0.424. The van der Waals surface area contributed by atoms with Gasteiger partial charge >= 0.3 is 0 Å². The molecule has 2 atom stereocenters. The molecule has 106 valence electrons. The van der Waals surface area contributed by atoms with Crippen molar-refractivity contribution in [1.82, 2.24) is 0 Å². The van der Waals surface area contributed by atoms with Gasteiger partial charge in [0.1, 0.15) is 5.92 Å². The van der Waals surface area contributed by atoms with E-state index in [0.29, 0.717) is 23.6 Å². The van der Waals surface area contributed by atoms with Crippen LogP contribution < -0.4 is 14.8 Å². The number of carbonyl (C=O) groups excluding carboxylic acids is 1. The van der Waals surface area contributed by atoms with Crippen LogP contribution >= 0.6 is 0 Å². The molecule has 0 bridgehead atoms. The van der Waals surface area contributed by atoms with Crippen molar-refractivity contribution in [3.63, 3.8) is 0 Å². The Labute approximate surface area is 115 Å². The number of nitrogens with one attached hydrogen (secondary N) is 1. The van der Waals surface area contributed by atoms with Crippen LogP contribution in [0.2, 0.25) is 0 Å². The number of anilines is 1. The van der Waals surface area contributed by atoms with Gasteiger partial charge in [-0.15, -0.1) is 0 Å². The third-order valence-electron chi connectivity index (χ3n) is 3.29. The van der Waals surface area contributed by atoms with Gasteiger partial charge < -0.3 is 14.8 Å². The van der Waals surface area contributed by atoms with Crippen LogP contribution in [0.3, 0.4) is 0 Å². The van der Waals surface area contributed by atoms with Crippen LogP contribution in [0.5, 0.6) is 11.5 Å². The van der Waals surface area contributed by atoms with Crippen LogP contribution in [-0.4, -0.2) is 22.7 Å². The Morgan fingerprint density at radius 2 is 2.10 bits per heavy atom. The summed E-state index contributed by atoms with van der Waals surface area (Å²) in [6, 6.07) is 4.30. The zero-order valence-corrected chi connectivity index (χ0v) is 11.1. The molecule has 1 amide bonds. The maximum atomic E-state index is 11.8. The number of fused-ring (bicyclic) bond motifs is 1. The fraction of sp³-hybridized carbons (Fsp3) is 0.462. The molecule has 1 aliphatic carbocycles. The van der Waals surface area contributed by atoms with E-state index < -0.39 is 22.7 Å². The van der Waals surface area contributed by atoms with Crippen LogP contribution in [0.4, 0.5) is 5.69 Å². The monoisotopic (exact) mass is 278 g/mol. The number of nitrogens with zero attached hydrogens (tertiary/aromatic N) is 1. The molecule has 1 aromatic rings. The second kappa shape index (κ2) is 4.09. The lowest BCUT2D eigenvalue weighted by Crippen LogP contribution is -2.29. The Balaban J connectivity index is 1.68. The van der Waals surface area contributed by atoms with Crippen molar-refractivity contribution in [2.45, 2.75) is 32.1 Å². The lowest BCUT2D eigenvalue weighted by Gasteiger charge is -2.16. The van der Waals surface area contributed by atoms with E-state index in [-0.39, 0.29) is 5.91 Å².